The van der Waals surface area contributed by atoms with Gasteiger partial charge in [0.1, 0.15) is 25.7 Å². The van der Waals surface area contributed by atoms with Crippen LogP contribution in [0.5, 0.6) is 0 Å². The smallest absolute Gasteiger partial charge is 0.461 e. The number of cyclic esters (lactones) is 2. The summed E-state index contributed by atoms with van der Waals surface area (Å²) in [7, 11) is 0. The normalized spacial score (nSPS) is 17.1. The van der Waals surface area contributed by atoms with Crippen molar-refractivity contribution in [2.45, 2.75) is 0 Å². The minimum atomic E-state index is -0.743. The second-order valence-electron chi connectivity index (χ2n) is 2.49. The Balaban J connectivity index is 2.31. The molecule has 0 aliphatic carbocycles. The number of hydrogen-bond acceptors (Lipinski definition) is 5. The summed E-state index contributed by atoms with van der Waals surface area (Å²) in [4.78, 5) is 21.6. The van der Waals surface area contributed by atoms with E-state index in [1.54, 1.807) is 0 Å². The molecule has 72 valence electrons. The zero-order chi connectivity index (χ0) is 9.68. The fraction of sp³-hybridized carbons (Fsp3) is 0.500. The molecular weight excluding hydrogens is 176 g/mol. The predicted molar refractivity (Wildman–Crippen MR) is 41.9 cm³/mol. The number of esters is 1. The van der Waals surface area contributed by atoms with Crippen LogP contribution in [0.2, 0.25) is 0 Å². The van der Waals surface area contributed by atoms with Crippen molar-refractivity contribution < 1.29 is 23.8 Å². The molecule has 0 bridgehead atoms. The Morgan fingerprint density at radius 1 is 1.62 bits per heavy atom. The SMILES string of the molecule is C=CCOC(=O)C1COC(=O)OC1. The highest BCUT2D eigenvalue weighted by Crippen LogP contribution is 2.08. The maximum atomic E-state index is 11.1. The van der Waals surface area contributed by atoms with Crippen molar-refractivity contribution in [3.05, 3.63) is 12.7 Å². The molecule has 0 amide bonds. The Labute approximate surface area is 75.3 Å². The highest BCUT2D eigenvalue weighted by Gasteiger charge is 2.28. The summed E-state index contributed by atoms with van der Waals surface area (Å²) in [5.41, 5.74) is 0. The van der Waals surface area contributed by atoms with E-state index in [4.69, 9.17) is 4.74 Å². The highest BCUT2D eigenvalue weighted by molar-refractivity contribution is 5.74. The zero-order valence-corrected chi connectivity index (χ0v) is 7.02. The molecule has 0 N–H and O–H groups in total. The Morgan fingerprint density at radius 3 is 2.77 bits per heavy atom. The quantitative estimate of drug-likeness (QED) is 0.474. The maximum absolute atomic E-state index is 11.1. The molecule has 0 aromatic rings. The van der Waals surface area contributed by atoms with Crippen LogP contribution in [-0.2, 0) is 19.0 Å². The van der Waals surface area contributed by atoms with Gasteiger partial charge in [-0.2, -0.15) is 0 Å². The molecule has 0 aromatic heterocycles. The summed E-state index contributed by atoms with van der Waals surface area (Å²) < 4.78 is 13.7. The molecule has 1 aliphatic rings. The topological polar surface area (TPSA) is 61.8 Å². The molecule has 1 rings (SSSR count). The van der Waals surface area contributed by atoms with Crippen LogP contribution >= 0.6 is 0 Å². The van der Waals surface area contributed by atoms with E-state index in [-0.39, 0.29) is 19.8 Å². The molecular formula is C8H10O5. The van der Waals surface area contributed by atoms with E-state index in [2.05, 4.69) is 16.1 Å². The lowest BCUT2D eigenvalue weighted by Crippen LogP contribution is -2.34. The third kappa shape index (κ3) is 2.77. The van der Waals surface area contributed by atoms with Gasteiger partial charge >= 0.3 is 12.1 Å². The molecule has 0 saturated carbocycles. The Morgan fingerprint density at radius 2 is 2.23 bits per heavy atom. The third-order valence-corrected chi connectivity index (χ3v) is 1.48. The van der Waals surface area contributed by atoms with Crippen LogP contribution in [-0.4, -0.2) is 31.9 Å². The summed E-state index contributed by atoms with van der Waals surface area (Å²) in [6, 6.07) is 0. The molecule has 1 aliphatic heterocycles. The third-order valence-electron chi connectivity index (χ3n) is 1.48. The van der Waals surface area contributed by atoms with Gasteiger partial charge in [0.2, 0.25) is 0 Å². The van der Waals surface area contributed by atoms with Crippen molar-refractivity contribution >= 4 is 12.1 Å². The zero-order valence-electron chi connectivity index (χ0n) is 7.02. The fourth-order valence-electron chi connectivity index (χ4n) is 0.822. The van der Waals surface area contributed by atoms with Gasteiger partial charge in [0, 0.05) is 0 Å². The molecule has 0 radical (unpaired) electrons. The molecule has 5 nitrogen and oxygen atoms in total. The predicted octanol–water partition coefficient (Wildman–Crippen LogP) is 0.499. The Hall–Kier alpha value is -1.52. The first-order valence-electron chi connectivity index (χ1n) is 3.81. The van der Waals surface area contributed by atoms with Crippen LogP contribution in [0.15, 0.2) is 12.7 Å². The van der Waals surface area contributed by atoms with Crippen LogP contribution in [0.4, 0.5) is 4.79 Å². The Kier molecular flexibility index (Phi) is 3.31. The fourth-order valence-corrected chi connectivity index (χ4v) is 0.822. The largest absolute Gasteiger partial charge is 0.508 e. The average Bonchev–Trinajstić information content (AvgIpc) is 2.15. The molecule has 0 aromatic carbocycles. The van der Waals surface area contributed by atoms with Gasteiger partial charge in [0.25, 0.3) is 0 Å². The van der Waals surface area contributed by atoms with Crippen LogP contribution in [0.1, 0.15) is 0 Å². The highest BCUT2D eigenvalue weighted by atomic mass is 16.7. The number of carbonyl (C=O) groups excluding carboxylic acids is 2. The van der Waals surface area contributed by atoms with Gasteiger partial charge in [0.15, 0.2) is 0 Å². The van der Waals surface area contributed by atoms with Gasteiger partial charge in [-0.15, -0.1) is 0 Å². The van der Waals surface area contributed by atoms with Crippen molar-refractivity contribution in [1.82, 2.24) is 0 Å². The molecule has 0 spiro atoms. The monoisotopic (exact) mass is 186 g/mol. The van der Waals surface area contributed by atoms with Gasteiger partial charge in [-0.05, 0) is 0 Å². The van der Waals surface area contributed by atoms with Crippen LogP contribution in [0.3, 0.4) is 0 Å². The van der Waals surface area contributed by atoms with Crippen molar-refractivity contribution in [3.63, 3.8) is 0 Å². The van der Waals surface area contributed by atoms with Crippen molar-refractivity contribution in [2.24, 2.45) is 5.92 Å². The maximum Gasteiger partial charge on any atom is 0.508 e. The second-order valence-corrected chi connectivity index (χ2v) is 2.49. The van der Waals surface area contributed by atoms with E-state index in [0.29, 0.717) is 0 Å². The van der Waals surface area contributed by atoms with Crippen molar-refractivity contribution in [3.8, 4) is 0 Å². The lowest BCUT2D eigenvalue weighted by molar-refractivity contribution is -0.153. The van der Waals surface area contributed by atoms with Gasteiger partial charge in [-0.1, -0.05) is 12.7 Å². The van der Waals surface area contributed by atoms with Crippen molar-refractivity contribution in [2.75, 3.05) is 19.8 Å². The molecule has 0 atom stereocenters. The molecule has 5 heteroatoms. The molecule has 1 saturated heterocycles. The van der Waals surface area contributed by atoms with Gasteiger partial charge < -0.3 is 14.2 Å². The molecule has 0 unspecified atom stereocenters. The van der Waals surface area contributed by atoms with E-state index < -0.39 is 18.0 Å². The molecule has 1 fully saturated rings. The van der Waals surface area contributed by atoms with E-state index in [0.717, 1.165) is 0 Å². The van der Waals surface area contributed by atoms with E-state index >= 15 is 0 Å². The molecule has 1 heterocycles. The van der Waals surface area contributed by atoms with E-state index in [9.17, 15) is 9.59 Å². The van der Waals surface area contributed by atoms with Crippen LogP contribution < -0.4 is 0 Å². The number of carbonyl (C=O) groups is 2. The minimum Gasteiger partial charge on any atom is -0.461 e. The summed E-state index contributed by atoms with van der Waals surface area (Å²) in [6.07, 6.45) is 0.723. The summed E-state index contributed by atoms with van der Waals surface area (Å²) in [5.74, 6) is -0.954. The number of rotatable bonds is 3. The summed E-state index contributed by atoms with van der Waals surface area (Å²) >= 11 is 0. The number of hydrogen-bond donors (Lipinski definition) is 0. The van der Waals surface area contributed by atoms with Crippen LogP contribution in [0, 0.1) is 5.92 Å². The van der Waals surface area contributed by atoms with E-state index in [1.807, 2.05) is 0 Å². The van der Waals surface area contributed by atoms with Gasteiger partial charge in [-0.3, -0.25) is 4.79 Å². The van der Waals surface area contributed by atoms with Gasteiger partial charge in [-0.25, -0.2) is 4.79 Å². The average molecular weight is 186 g/mol. The van der Waals surface area contributed by atoms with Crippen LogP contribution in [0.25, 0.3) is 0 Å². The van der Waals surface area contributed by atoms with Gasteiger partial charge in [0.05, 0.1) is 0 Å². The lowest BCUT2D eigenvalue weighted by atomic mass is 10.2. The standard InChI is InChI=1S/C8H10O5/c1-2-3-11-7(9)6-4-12-8(10)13-5-6/h2,6H,1,3-5H2. The summed E-state index contributed by atoms with van der Waals surface area (Å²) in [6.45, 7) is 3.60. The second kappa shape index (κ2) is 4.49. The molecule has 13 heavy (non-hydrogen) atoms. The van der Waals surface area contributed by atoms with E-state index in [1.165, 1.54) is 6.08 Å². The first-order chi connectivity index (χ1) is 6.24. The Bertz CT molecular complexity index is 213. The lowest BCUT2D eigenvalue weighted by Gasteiger charge is -2.19. The summed E-state index contributed by atoms with van der Waals surface area (Å²) in [5, 5.41) is 0. The first-order valence-corrected chi connectivity index (χ1v) is 3.81. The van der Waals surface area contributed by atoms with Crippen molar-refractivity contribution in [1.29, 1.82) is 0 Å². The minimum absolute atomic E-state index is 0.0226. The first kappa shape index (κ1) is 9.57. The number of ether oxygens (including phenoxy) is 3.